The van der Waals surface area contributed by atoms with E-state index in [2.05, 4.69) is 6.08 Å². The Morgan fingerprint density at radius 1 is 1.78 bits per heavy atom. The van der Waals surface area contributed by atoms with Crippen LogP contribution in [0.2, 0.25) is 0 Å². The van der Waals surface area contributed by atoms with Gasteiger partial charge in [-0.25, -0.2) is 0 Å². The van der Waals surface area contributed by atoms with Crippen LogP contribution in [0, 0.1) is 5.92 Å². The molecule has 0 radical (unpaired) electrons. The summed E-state index contributed by atoms with van der Waals surface area (Å²) in [6.45, 7) is 0.695. The van der Waals surface area contributed by atoms with Gasteiger partial charge in [-0.05, 0) is 25.0 Å². The van der Waals surface area contributed by atoms with Gasteiger partial charge in [-0.1, -0.05) is 23.8 Å². The normalized spacial score (nSPS) is 26.0. The fourth-order valence-corrected chi connectivity index (χ4v) is 1.14. The van der Waals surface area contributed by atoms with Crippen molar-refractivity contribution < 1.29 is 0 Å². The highest BCUT2D eigenvalue weighted by molar-refractivity contribution is 6.31. The molecule has 1 atom stereocenters. The molecule has 1 aliphatic rings. The second kappa shape index (κ2) is 3.04. The number of allylic oxidation sites excluding steroid dienone is 3. The van der Waals surface area contributed by atoms with Gasteiger partial charge in [-0.3, -0.25) is 0 Å². The van der Waals surface area contributed by atoms with E-state index in [9.17, 15) is 0 Å². The number of nitrogens with two attached hydrogens (primary N) is 1. The molecule has 0 amide bonds. The van der Waals surface area contributed by atoms with E-state index in [0.717, 1.165) is 11.5 Å². The van der Waals surface area contributed by atoms with Crippen molar-refractivity contribution in [3.63, 3.8) is 0 Å². The summed E-state index contributed by atoms with van der Waals surface area (Å²) in [5.74, 6) is 0.461. The van der Waals surface area contributed by atoms with Gasteiger partial charge in [0, 0.05) is 5.03 Å². The average Bonchev–Trinajstić information content (AvgIpc) is 1.88. The molecule has 0 spiro atoms. The van der Waals surface area contributed by atoms with Gasteiger partial charge in [-0.2, -0.15) is 0 Å². The highest BCUT2D eigenvalue weighted by Crippen LogP contribution is 2.17. The lowest BCUT2D eigenvalue weighted by Gasteiger charge is -2.10. The maximum atomic E-state index is 5.71. The first-order valence-corrected chi connectivity index (χ1v) is 3.44. The molecule has 2 N–H and O–H groups in total. The number of halogens is 1. The fraction of sp³-hybridized carbons (Fsp3) is 0.429. The van der Waals surface area contributed by atoms with Gasteiger partial charge in [0.15, 0.2) is 0 Å². The van der Waals surface area contributed by atoms with Crippen LogP contribution in [0.5, 0.6) is 0 Å². The van der Waals surface area contributed by atoms with Crippen LogP contribution >= 0.6 is 11.6 Å². The van der Waals surface area contributed by atoms with Crippen LogP contribution in [0.4, 0.5) is 0 Å². The van der Waals surface area contributed by atoms with Crippen molar-refractivity contribution in [1.82, 2.24) is 0 Å². The molecule has 0 bridgehead atoms. The molecule has 0 saturated carbocycles. The Kier molecular flexibility index (Phi) is 2.31. The highest BCUT2D eigenvalue weighted by atomic mass is 35.5. The zero-order valence-corrected chi connectivity index (χ0v) is 5.93. The fourth-order valence-electron chi connectivity index (χ4n) is 0.868. The molecule has 0 aromatic rings. The minimum Gasteiger partial charge on any atom is -0.330 e. The van der Waals surface area contributed by atoms with Crippen LogP contribution in [0.1, 0.15) is 6.42 Å². The summed E-state index contributed by atoms with van der Waals surface area (Å²) >= 11 is 5.71. The van der Waals surface area contributed by atoms with Crippen LogP contribution in [-0.4, -0.2) is 6.54 Å². The van der Waals surface area contributed by atoms with E-state index in [1.54, 1.807) is 0 Å². The maximum Gasteiger partial charge on any atom is 0.0366 e. The van der Waals surface area contributed by atoms with Gasteiger partial charge in [0.2, 0.25) is 0 Å². The monoisotopic (exact) mass is 143 g/mol. The summed E-state index contributed by atoms with van der Waals surface area (Å²) in [6, 6.07) is 0. The lowest BCUT2D eigenvalue weighted by atomic mass is 10.0. The molecular weight excluding hydrogens is 134 g/mol. The molecule has 1 unspecified atom stereocenters. The van der Waals surface area contributed by atoms with Crippen molar-refractivity contribution in [3.8, 4) is 0 Å². The molecule has 0 aromatic carbocycles. The summed E-state index contributed by atoms with van der Waals surface area (Å²) in [5.41, 5.74) is 5.43. The van der Waals surface area contributed by atoms with Crippen molar-refractivity contribution >= 4 is 11.6 Å². The summed E-state index contributed by atoms with van der Waals surface area (Å²) in [4.78, 5) is 0. The van der Waals surface area contributed by atoms with Gasteiger partial charge in [0.25, 0.3) is 0 Å². The topological polar surface area (TPSA) is 26.0 Å². The highest BCUT2D eigenvalue weighted by Gasteiger charge is 2.04. The van der Waals surface area contributed by atoms with E-state index < -0.39 is 0 Å². The Bertz CT molecular complexity index is 149. The summed E-state index contributed by atoms with van der Waals surface area (Å²) < 4.78 is 0. The Morgan fingerprint density at radius 2 is 2.56 bits per heavy atom. The van der Waals surface area contributed by atoms with Gasteiger partial charge in [0.05, 0.1) is 0 Å². The van der Waals surface area contributed by atoms with Gasteiger partial charge >= 0.3 is 0 Å². The quantitative estimate of drug-likeness (QED) is 0.594. The summed E-state index contributed by atoms with van der Waals surface area (Å²) in [7, 11) is 0. The van der Waals surface area contributed by atoms with Gasteiger partial charge in [0.1, 0.15) is 0 Å². The third-order valence-electron chi connectivity index (χ3n) is 1.41. The van der Waals surface area contributed by atoms with Crippen LogP contribution in [0.15, 0.2) is 23.3 Å². The predicted octanol–water partition coefficient (Wildman–Crippen LogP) is 1.64. The maximum absolute atomic E-state index is 5.71. The largest absolute Gasteiger partial charge is 0.330 e. The SMILES string of the molecule is NCC1C=C(Cl)C=CC1. The molecule has 1 nitrogen and oxygen atoms in total. The van der Waals surface area contributed by atoms with Crippen LogP contribution in [-0.2, 0) is 0 Å². The first-order chi connectivity index (χ1) is 4.33. The van der Waals surface area contributed by atoms with E-state index in [1.807, 2.05) is 12.2 Å². The lowest BCUT2D eigenvalue weighted by molar-refractivity contribution is 0.667. The van der Waals surface area contributed by atoms with Crippen LogP contribution in [0.3, 0.4) is 0 Å². The zero-order valence-electron chi connectivity index (χ0n) is 5.18. The van der Waals surface area contributed by atoms with E-state index in [-0.39, 0.29) is 0 Å². The average molecular weight is 144 g/mol. The first kappa shape index (κ1) is 6.84. The molecule has 0 fully saturated rings. The van der Waals surface area contributed by atoms with Crippen molar-refractivity contribution in [2.45, 2.75) is 6.42 Å². The van der Waals surface area contributed by atoms with Gasteiger partial charge in [-0.15, -0.1) is 0 Å². The lowest BCUT2D eigenvalue weighted by Crippen LogP contribution is -2.12. The predicted molar refractivity (Wildman–Crippen MR) is 40.2 cm³/mol. The van der Waals surface area contributed by atoms with Crippen molar-refractivity contribution in [2.75, 3.05) is 6.54 Å². The number of hydrogen-bond donors (Lipinski definition) is 1. The zero-order chi connectivity index (χ0) is 6.69. The van der Waals surface area contributed by atoms with E-state index in [4.69, 9.17) is 17.3 Å². The standard InChI is InChI=1S/C7H10ClN/c8-7-3-1-2-6(4-7)5-9/h1,3-4,6H,2,5,9H2. The molecular formula is C7H10ClN. The second-order valence-electron chi connectivity index (χ2n) is 2.19. The van der Waals surface area contributed by atoms with E-state index in [1.165, 1.54) is 0 Å². The Labute approximate surface area is 60.2 Å². The van der Waals surface area contributed by atoms with Crippen LogP contribution < -0.4 is 5.73 Å². The molecule has 0 aromatic heterocycles. The Morgan fingerprint density at radius 3 is 3.00 bits per heavy atom. The molecule has 0 saturated heterocycles. The molecule has 1 aliphatic carbocycles. The van der Waals surface area contributed by atoms with Crippen LogP contribution in [0.25, 0.3) is 0 Å². The second-order valence-corrected chi connectivity index (χ2v) is 2.62. The summed E-state index contributed by atoms with van der Waals surface area (Å²) in [6.07, 6.45) is 7.00. The Balaban J connectivity index is 2.55. The van der Waals surface area contributed by atoms with Crippen molar-refractivity contribution in [3.05, 3.63) is 23.3 Å². The first-order valence-electron chi connectivity index (χ1n) is 3.07. The third-order valence-corrected chi connectivity index (χ3v) is 1.67. The molecule has 0 aliphatic heterocycles. The number of rotatable bonds is 1. The Hall–Kier alpha value is -0.270. The van der Waals surface area contributed by atoms with Gasteiger partial charge < -0.3 is 5.73 Å². The molecule has 0 heterocycles. The third kappa shape index (κ3) is 1.84. The van der Waals surface area contributed by atoms with Crippen molar-refractivity contribution in [1.29, 1.82) is 0 Å². The minimum atomic E-state index is 0.461. The number of hydrogen-bond acceptors (Lipinski definition) is 1. The molecule has 50 valence electrons. The minimum absolute atomic E-state index is 0.461. The molecule has 9 heavy (non-hydrogen) atoms. The molecule has 2 heteroatoms. The molecule has 1 rings (SSSR count). The van der Waals surface area contributed by atoms with E-state index >= 15 is 0 Å². The summed E-state index contributed by atoms with van der Waals surface area (Å²) in [5, 5.41) is 0.816. The van der Waals surface area contributed by atoms with Crippen molar-refractivity contribution in [2.24, 2.45) is 11.7 Å². The smallest absolute Gasteiger partial charge is 0.0366 e. The van der Waals surface area contributed by atoms with E-state index in [0.29, 0.717) is 12.5 Å².